The standard InChI is InChI=1S/C21H24N6O3/c1-13(14-6-3-2-4-7-14)24-20(29)25-17-10-16-15(11-22-17)18(27-26-16)19(28)23-12-21(30)8-5-9-21/h2-4,6-7,10-11,13,30H,5,8-9,12H2,1H3,(H,23,28)(H,26,27)(H2,22,24,25,29)/t13-/m1/s1. The maximum absolute atomic E-state index is 12.4. The lowest BCUT2D eigenvalue weighted by Gasteiger charge is -2.36. The second-order valence-corrected chi connectivity index (χ2v) is 7.68. The van der Waals surface area contributed by atoms with E-state index in [2.05, 4.69) is 31.1 Å². The number of aromatic nitrogens is 3. The van der Waals surface area contributed by atoms with E-state index in [4.69, 9.17) is 0 Å². The fourth-order valence-corrected chi connectivity index (χ4v) is 3.42. The number of aliphatic hydroxyl groups is 1. The van der Waals surface area contributed by atoms with Crippen molar-refractivity contribution >= 4 is 28.7 Å². The molecule has 3 aromatic rings. The van der Waals surface area contributed by atoms with Crippen LogP contribution in [0.15, 0.2) is 42.6 Å². The Morgan fingerprint density at radius 2 is 2.03 bits per heavy atom. The summed E-state index contributed by atoms with van der Waals surface area (Å²) in [5.41, 5.74) is 0.964. The zero-order chi connectivity index (χ0) is 21.1. The van der Waals surface area contributed by atoms with E-state index in [0.717, 1.165) is 12.0 Å². The first-order valence-corrected chi connectivity index (χ1v) is 9.91. The maximum atomic E-state index is 12.4. The molecule has 9 nitrogen and oxygen atoms in total. The van der Waals surface area contributed by atoms with E-state index in [1.165, 1.54) is 6.20 Å². The van der Waals surface area contributed by atoms with Crippen molar-refractivity contribution in [3.8, 4) is 0 Å². The van der Waals surface area contributed by atoms with Crippen LogP contribution < -0.4 is 16.0 Å². The van der Waals surface area contributed by atoms with E-state index in [0.29, 0.717) is 29.6 Å². The van der Waals surface area contributed by atoms with Crippen LogP contribution in [0, 0.1) is 0 Å². The Labute approximate surface area is 173 Å². The molecule has 0 bridgehead atoms. The number of benzene rings is 1. The first-order chi connectivity index (χ1) is 14.4. The van der Waals surface area contributed by atoms with Gasteiger partial charge in [-0.3, -0.25) is 15.2 Å². The van der Waals surface area contributed by atoms with Crippen molar-refractivity contribution in [3.05, 3.63) is 53.9 Å². The number of rotatable bonds is 6. The molecule has 1 aliphatic rings. The maximum Gasteiger partial charge on any atom is 0.320 e. The van der Waals surface area contributed by atoms with Gasteiger partial charge >= 0.3 is 6.03 Å². The van der Waals surface area contributed by atoms with Crippen LogP contribution in [0.1, 0.15) is 48.3 Å². The molecule has 2 aromatic heterocycles. The number of hydrogen-bond donors (Lipinski definition) is 5. The predicted octanol–water partition coefficient (Wildman–Crippen LogP) is 2.49. The molecule has 4 rings (SSSR count). The van der Waals surface area contributed by atoms with Gasteiger partial charge in [0.1, 0.15) is 5.82 Å². The fourth-order valence-electron chi connectivity index (χ4n) is 3.42. The van der Waals surface area contributed by atoms with Crippen LogP contribution in [0.25, 0.3) is 10.9 Å². The zero-order valence-corrected chi connectivity index (χ0v) is 16.6. The number of carbonyl (C=O) groups excluding carboxylic acids is 2. The summed E-state index contributed by atoms with van der Waals surface area (Å²) in [5, 5.41) is 25.8. The van der Waals surface area contributed by atoms with Crippen molar-refractivity contribution in [2.75, 3.05) is 11.9 Å². The minimum atomic E-state index is -0.804. The molecule has 1 atom stereocenters. The molecule has 9 heteroatoms. The van der Waals surface area contributed by atoms with Crippen molar-refractivity contribution in [3.63, 3.8) is 0 Å². The van der Waals surface area contributed by atoms with E-state index in [1.54, 1.807) is 6.07 Å². The van der Waals surface area contributed by atoms with Gasteiger partial charge in [0.25, 0.3) is 5.91 Å². The molecule has 1 aromatic carbocycles. The molecule has 2 heterocycles. The summed E-state index contributed by atoms with van der Waals surface area (Å²) in [6.07, 6.45) is 3.84. The summed E-state index contributed by atoms with van der Waals surface area (Å²) >= 11 is 0. The zero-order valence-electron chi connectivity index (χ0n) is 16.6. The minimum Gasteiger partial charge on any atom is -0.388 e. The second kappa shape index (κ2) is 8.11. The summed E-state index contributed by atoms with van der Waals surface area (Å²) in [6.45, 7) is 2.10. The van der Waals surface area contributed by atoms with E-state index in [-0.39, 0.29) is 30.2 Å². The average molecular weight is 408 g/mol. The topological polar surface area (TPSA) is 132 Å². The third-order valence-corrected chi connectivity index (χ3v) is 5.41. The first kappa shape index (κ1) is 19.8. The number of hydrogen-bond acceptors (Lipinski definition) is 5. The van der Waals surface area contributed by atoms with Crippen molar-refractivity contribution in [2.45, 2.75) is 37.8 Å². The summed E-state index contributed by atoms with van der Waals surface area (Å²) in [5.74, 6) is -0.0434. The smallest absolute Gasteiger partial charge is 0.320 e. The Hall–Kier alpha value is -3.46. The van der Waals surface area contributed by atoms with Gasteiger partial charge in [0, 0.05) is 18.8 Å². The molecule has 5 N–H and O–H groups in total. The number of aromatic amines is 1. The van der Waals surface area contributed by atoms with Crippen LogP contribution in [-0.2, 0) is 0 Å². The highest BCUT2D eigenvalue weighted by atomic mass is 16.3. The molecular formula is C21H24N6O3. The lowest BCUT2D eigenvalue weighted by molar-refractivity contribution is -0.0300. The molecule has 1 fully saturated rings. The Balaban J connectivity index is 1.39. The van der Waals surface area contributed by atoms with Gasteiger partial charge in [-0.25, -0.2) is 9.78 Å². The Morgan fingerprint density at radius 1 is 1.27 bits per heavy atom. The van der Waals surface area contributed by atoms with E-state index >= 15 is 0 Å². The highest BCUT2D eigenvalue weighted by molar-refractivity contribution is 6.05. The molecule has 0 saturated heterocycles. The third kappa shape index (κ3) is 4.25. The third-order valence-electron chi connectivity index (χ3n) is 5.41. The molecule has 3 amide bonds. The molecule has 1 saturated carbocycles. The normalized spacial score (nSPS) is 15.8. The fraction of sp³-hybridized carbons (Fsp3) is 0.333. The van der Waals surface area contributed by atoms with E-state index < -0.39 is 5.60 Å². The highest BCUT2D eigenvalue weighted by Gasteiger charge is 2.34. The lowest BCUT2D eigenvalue weighted by Crippen LogP contribution is -2.47. The number of pyridine rings is 1. The van der Waals surface area contributed by atoms with Crippen LogP contribution in [0.2, 0.25) is 0 Å². The number of urea groups is 1. The van der Waals surface area contributed by atoms with Gasteiger partial charge in [0.05, 0.1) is 22.5 Å². The molecular weight excluding hydrogens is 384 g/mol. The number of nitrogens with zero attached hydrogens (tertiary/aromatic N) is 2. The molecule has 156 valence electrons. The van der Waals surface area contributed by atoms with Gasteiger partial charge in [-0.15, -0.1) is 0 Å². The number of carbonyl (C=O) groups is 2. The van der Waals surface area contributed by atoms with Gasteiger partial charge in [0.15, 0.2) is 5.69 Å². The molecule has 1 aliphatic carbocycles. The summed E-state index contributed by atoms with van der Waals surface area (Å²) in [6, 6.07) is 10.7. The summed E-state index contributed by atoms with van der Waals surface area (Å²) in [7, 11) is 0. The van der Waals surface area contributed by atoms with Gasteiger partial charge in [-0.05, 0) is 31.7 Å². The van der Waals surface area contributed by atoms with Gasteiger partial charge < -0.3 is 15.7 Å². The number of amides is 3. The van der Waals surface area contributed by atoms with Crippen LogP contribution in [0.5, 0.6) is 0 Å². The number of anilines is 1. The van der Waals surface area contributed by atoms with Gasteiger partial charge in [-0.1, -0.05) is 30.3 Å². The van der Waals surface area contributed by atoms with Crippen molar-refractivity contribution in [1.29, 1.82) is 0 Å². The molecule has 30 heavy (non-hydrogen) atoms. The SMILES string of the molecule is C[C@@H](NC(=O)Nc1cc2[nH]nc(C(=O)NCC3(O)CCC3)c2cn1)c1ccccc1. The molecule has 0 aliphatic heterocycles. The highest BCUT2D eigenvalue weighted by Crippen LogP contribution is 2.30. The molecule has 0 spiro atoms. The van der Waals surface area contributed by atoms with Gasteiger partial charge in [-0.2, -0.15) is 5.10 Å². The Kier molecular flexibility index (Phi) is 5.37. The largest absolute Gasteiger partial charge is 0.388 e. The number of fused-ring (bicyclic) bond motifs is 1. The quantitative estimate of drug-likeness (QED) is 0.427. The van der Waals surface area contributed by atoms with Gasteiger partial charge in [0.2, 0.25) is 0 Å². The Bertz CT molecular complexity index is 1060. The van der Waals surface area contributed by atoms with E-state index in [9.17, 15) is 14.7 Å². The number of H-pyrrole nitrogens is 1. The minimum absolute atomic E-state index is 0.164. The summed E-state index contributed by atoms with van der Waals surface area (Å²) in [4.78, 5) is 28.9. The summed E-state index contributed by atoms with van der Waals surface area (Å²) < 4.78 is 0. The first-order valence-electron chi connectivity index (χ1n) is 9.91. The lowest BCUT2D eigenvalue weighted by atomic mass is 9.80. The molecule has 0 unspecified atom stereocenters. The number of nitrogens with one attached hydrogen (secondary N) is 4. The van der Waals surface area contributed by atoms with Crippen LogP contribution in [0.4, 0.5) is 10.6 Å². The average Bonchev–Trinajstić information content (AvgIpc) is 3.14. The predicted molar refractivity (Wildman–Crippen MR) is 112 cm³/mol. The van der Waals surface area contributed by atoms with Crippen LogP contribution in [0.3, 0.4) is 0 Å². The van der Waals surface area contributed by atoms with Crippen LogP contribution in [-0.4, -0.2) is 44.4 Å². The van der Waals surface area contributed by atoms with Crippen LogP contribution >= 0.6 is 0 Å². The Morgan fingerprint density at radius 3 is 2.73 bits per heavy atom. The van der Waals surface area contributed by atoms with Crippen molar-refractivity contribution < 1.29 is 14.7 Å². The van der Waals surface area contributed by atoms with Crippen molar-refractivity contribution in [2.24, 2.45) is 0 Å². The van der Waals surface area contributed by atoms with E-state index in [1.807, 2.05) is 37.3 Å². The van der Waals surface area contributed by atoms with Crippen molar-refractivity contribution in [1.82, 2.24) is 25.8 Å². The second-order valence-electron chi connectivity index (χ2n) is 7.68. The monoisotopic (exact) mass is 408 g/mol. The molecule has 0 radical (unpaired) electrons.